The Morgan fingerprint density at radius 2 is 1.53 bits per heavy atom. The molecule has 0 amide bonds. The number of methoxy groups -OCH3 is 1. The highest BCUT2D eigenvalue weighted by atomic mass is 16.8. The number of carbonyl (C=O) groups is 1. The van der Waals surface area contributed by atoms with Crippen LogP contribution in [0.25, 0.3) is 0 Å². The summed E-state index contributed by atoms with van der Waals surface area (Å²) in [7, 11) is 1.52. The van der Waals surface area contributed by atoms with Crippen LogP contribution in [-0.2, 0) is 55.9 Å². The Morgan fingerprint density at radius 1 is 0.921 bits per heavy atom. The first-order valence-corrected chi connectivity index (χ1v) is 12.7. The minimum Gasteiger partial charge on any atom is -0.453 e. The normalized spacial score (nSPS) is 32.2. The Labute approximate surface area is 222 Å². The molecule has 3 saturated heterocycles. The van der Waals surface area contributed by atoms with E-state index in [4.69, 9.17) is 37.9 Å². The van der Waals surface area contributed by atoms with Crippen molar-refractivity contribution in [2.75, 3.05) is 13.7 Å². The van der Waals surface area contributed by atoms with Crippen LogP contribution in [0.5, 0.6) is 0 Å². The van der Waals surface area contributed by atoms with E-state index in [1.54, 1.807) is 13.8 Å². The number of carbonyl (C=O) groups excluding carboxylic acids is 1. The van der Waals surface area contributed by atoms with Gasteiger partial charge in [0.15, 0.2) is 30.6 Å². The topological polar surface area (TPSA) is 90.9 Å². The van der Waals surface area contributed by atoms with Crippen LogP contribution in [0, 0.1) is 0 Å². The van der Waals surface area contributed by atoms with Crippen LogP contribution in [0.2, 0.25) is 0 Å². The Morgan fingerprint density at radius 3 is 2.16 bits per heavy atom. The van der Waals surface area contributed by atoms with E-state index >= 15 is 0 Å². The molecule has 3 aliphatic heterocycles. The molecule has 3 aliphatic rings. The van der Waals surface area contributed by atoms with Crippen LogP contribution >= 0.6 is 0 Å². The zero-order chi connectivity index (χ0) is 26.7. The maximum absolute atomic E-state index is 13.5. The Bertz CT molecular complexity index is 1090. The molecule has 9 heteroatoms. The summed E-state index contributed by atoms with van der Waals surface area (Å²) >= 11 is 0. The highest BCUT2D eigenvalue weighted by molar-refractivity contribution is 5.76. The molecule has 0 N–H and O–H groups in total. The quantitative estimate of drug-likeness (QED) is 0.360. The second kappa shape index (κ2) is 11.6. The lowest BCUT2D eigenvalue weighted by Gasteiger charge is -2.38. The van der Waals surface area contributed by atoms with Gasteiger partial charge < -0.3 is 37.9 Å². The molecule has 204 valence electrons. The minimum absolute atomic E-state index is 0.161. The van der Waals surface area contributed by atoms with Crippen LogP contribution in [0.15, 0.2) is 72.8 Å². The van der Waals surface area contributed by atoms with Crippen molar-refractivity contribution in [3.8, 4) is 0 Å². The predicted octanol–water partition coefficient (Wildman–Crippen LogP) is 3.50. The minimum atomic E-state index is -1.06. The fourth-order valence-corrected chi connectivity index (χ4v) is 4.86. The number of esters is 1. The molecule has 2 aromatic rings. The summed E-state index contributed by atoms with van der Waals surface area (Å²) in [4.78, 5) is 13.5. The molecule has 3 heterocycles. The van der Waals surface area contributed by atoms with E-state index in [0.29, 0.717) is 12.2 Å². The number of ether oxygens (including phenoxy) is 8. The molecule has 38 heavy (non-hydrogen) atoms. The molecule has 0 spiro atoms. The number of fused-ring (bicyclic) bond motifs is 1. The zero-order valence-electron chi connectivity index (χ0n) is 21.8. The van der Waals surface area contributed by atoms with Gasteiger partial charge in [0.25, 0.3) is 0 Å². The lowest BCUT2D eigenvalue weighted by molar-refractivity contribution is -0.251. The molecule has 9 nitrogen and oxygen atoms in total. The molecule has 0 aromatic heterocycles. The van der Waals surface area contributed by atoms with Crippen LogP contribution < -0.4 is 0 Å². The van der Waals surface area contributed by atoms with Gasteiger partial charge in [0.2, 0.25) is 0 Å². The predicted molar refractivity (Wildman–Crippen MR) is 135 cm³/mol. The van der Waals surface area contributed by atoms with Gasteiger partial charge in [-0.3, -0.25) is 0 Å². The third-order valence-electron chi connectivity index (χ3n) is 6.66. The summed E-state index contributed by atoms with van der Waals surface area (Å²) in [5, 5.41) is 0. The van der Waals surface area contributed by atoms with Gasteiger partial charge in [-0.15, -0.1) is 0 Å². The van der Waals surface area contributed by atoms with Gasteiger partial charge in [0.05, 0.1) is 19.8 Å². The lowest BCUT2D eigenvalue weighted by Crippen LogP contribution is -2.51. The van der Waals surface area contributed by atoms with E-state index in [0.717, 1.165) is 11.1 Å². The second-order valence-corrected chi connectivity index (χ2v) is 9.98. The Hall–Kier alpha value is -2.63. The van der Waals surface area contributed by atoms with Crippen molar-refractivity contribution in [2.45, 2.75) is 75.9 Å². The molecule has 0 unspecified atom stereocenters. The molecular formula is C29H34O9. The highest BCUT2D eigenvalue weighted by Gasteiger charge is 2.59. The van der Waals surface area contributed by atoms with Gasteiger partial charge in [-0.25, -0.2) is 4.79 Å². The average molecular weight is 527 g/mol. The van der Waals surface area contributed by atoms with Crippen LogP contribution in [0.3, 0.4) is 0 Å². The standard InChI is InChI=1S/C29H34O9/c1-18-15-33-27(31-4)24(32-16-19-11-7-5-8-12-19)21(18)35-26(30)23-22-25(38-29(2,3)37-22)28(36-23)34-17-20-13-9-6-10-14-20/h5-14,21-25,27-28H,1,15-17H2,2-4H3/t21-,22+,23+,24+,25+,27-,28+/m1/s1. The summed E-state index contributed by atoms with van der Waals surface area (Å²) in [6.07, 6.45) is -5.46. The third-order valence-corrected chi connectivity index (χ3v) is 6.66. The molecular weight excluding hydrogens is 492 g/mol. The fraction of sp³-hybridized carbons (Fsp3) is 0.483. The third kappa shape index (κ3) is 6.00. The summed E-state index contributed by atoms with van der Waals surface area (Å²) in [5.41, 5.74) is 2.49. The first-order chi connectivity index (χ1) is 18.3. The smallest absolute Gasteiger partial charge is 0.338 e. The molecule has 0 bridgehead atoms. The van der Waals surface area contributed by atoms with Crippen LogP contribution in [-0.4, -0.2) is 68.6 Å². The van der Waals surface area contributed by atoms with Gasteiger partial charge in [-0.2, -0.15) is 0 Å². The van der Waals surface area contributed by atoms with Gasteiger partial charge in [-0.05, 0) is 30.5 Å². The highest BCUT2D eigenvalue weighted by Crippen LogP contribution is 2.40. The summed E-state index contributed by atoms with van der Waals surface area (Å²) in [6.45, 7) is 8.37. The van der Waals surface area contributed by atoms with Crippen molar-refractivity contribution in [3.63, 3.8) is 0 Å². The summed E-state index contributed by atoms with van der Waals surface area (Å²) in [5.74, 6) is -1.53. The van der Waals surface area contributed by atoms with Gasteiger partial charge in [-0.1, -0.05) is 67.2 Å². The van der Waals surface area contributed by atoms with E-state index in [1.807, 2.05) is 60.7 Å². The SMILES string of the molecule is C=C1CO[C@@H](OC)[C@@H](OCc2ccccc2)[C@@H]1OC(=O)[C@H]1O[C@H](OCc2ccccc2)[C@H]2OC(C)(C)O[C@H]21. The molecule has 0 saturated carbocycles. The number of hydrogen-bond acceptors (Lipinski definition) is 9. The maximum atomic E-state index is 13.5. The van der Waals surface area contributed by atoms with Crippen molar-refractivity contribution in [1.29, 1.82) is 0 Å². The van der Waals surface area contributed by atoms with E-state index in [1.165, 1.54) is 7.11 Å². The Balaban J connectivity index is 1.29. The van der Waals surface area contributed by atoms with Crippen LogP contribution in [0.1, 0.15) is 25.0 Å². The number of rotatable bonds is 9. The van der Waals surface area contributed by atoms with E-state index < -0.39 is 54.9 Å². The maximum Gasteiger partial charge on any atom is 0.338 e. The van der Waals surface area contributed by atoms with E-state index in [-0.39, 0.29) is 13.2 Å². The Kier molecular flexibility index (Phi) is 8.25. The molecule has 0 radical (unpaired) electrons. The second-order valence-electron chi connectivity index (χ2n) is 9.98. The van der Waals surface area contributed by atoms with Crippen molar-refractivity contribution in [1.82, 2.24) is 0 Å². The molecule has 2 aromatic carbocycles. The molecule has 5 rings (SSSR count). The number of benzene rings is 2. The van der Waals surface area contributed by atoms with Crippen molar-refractivity contribution >= 4 is 5.97 Å². The zero-order valence-corrected chi connectivity index (χ0v) is 21.8. The van der Waals surface area contributed by atoms with Crippen molar-refractivity contribution in [3.05, 3.63) is 83.9 Å². The van der Waals surface area contributed by atoms with Crippen molar-refractivity contribution < 1.29 is 42.7 Å². The summed E-state index contributed by atoms with van der Waals surface area (Å²) in [6, 6.07) is 19.4. The van der Waals surface area contributed by atoms with Gasteiger partial charge >= 0.3 is 5.97 Å². The van der Waals surface area contributed by atoms with Crippen LogP contribution in [0.4, 0.5) is 0 Å². The monoisotopic (exact) mass is 526 g/mol. The average Bonchev–Trinajstić information content (AvgIpc) is 3.41. The molecule has 3 fully saturated rings. The summed E-state index contributed by atoms with van der Waals surface area (Å²) < 4.78 is 47.5. The number of hydrogen-bond donors (Lipinski definition) is 0. The first kappa shape index (κ1) is 27.0. The van der Waals surface area contributed by atoms with Crippen molar-refractivity contribution in [2.24, 2.45) is 0 Å². The van der Waals surface area contributed by atoms with E-state index in [2.05, 4.69) is 6.58 Å². The molecule has 0 aliphatic carbocycles. The largest absolute Gasteiger partial charge is 0.453 e. The van der Waals surface area contributed by atoms with E-state index in [9.17, 15) is 4.79 Å². The van der Waals surface area contributed by atoms with Gasteiger partial charge in [0.1, 0.15) is 18.3 Å². The fourth-order valence-electron chi connectivity index (χ4n) is 4.86. The first-order valence-electron chi connectivity index (χ1n) is 12.7. The molecule has 7 atom stereocenters. The lowest BCUT2D eigenvalue weighted by atomic mass is 10.0. The van der Waals surface area contributed by atoms with Gasteiger partial charge in [0, 0.05) is 7.11 Å².